The predicted molar refractivity (Wildman–Crippen MR) is 53.7 cm³/mol. The molecule has 1 unspecified atom stereocenters. The lowest BCUT2D eigenvalue weighted by molar-refractivity contribution is -0.137. The first-order valence-electron chi connectivity index (χ1n) is 4.37. The molecule has 15 heavy (non-hydrogen) atoms. The van der Waals surface area contributed by atoms with Gasteiger partial charge in [-0.3, -0.25) is 4.79 Å². The van der Waals surface area contributed by atoms with Crippen molar-refractivity contribution in [1.29, 1.82) is 0 Å². The van der Waals surface area contributed by atoms with Crippen LogP contribution in [-0.4, -0.2) is 24.2 Å². The van der Waals surface area contributed by atoms with Gasteiger partial charge in [-0.05, 0) is 19.1 Å². The molecule has 82 valence electrons. The van der Waals surface area contributed by atoms with E-state index in [1.54, 1.807) is 0 Å². The second kappa shape index (κ2) is 4.63. The quantitative estimate of drug-likeness (QED) is 0.799. The topological polar surface area (TPSA) is 58.6 Å². The Morgan fingerprint density at radius 3 is 2.80 bits per heavy atom. The van der Waals surface area contributed by atoms with E-state index in [2.05, 4.69) is 5.32 Å². The number of carbonyl (C=O) groups is 1. The lowest BCUT2D eigenvalue weighted by atomic mass is 10.2. The Balaban J connectivity index is 2.91. The molecule has 1 aromatic carbocycles. The van der Waals surface area contributed by atoms with Crippen LogP contribution >= 0.6 is 0 Å². The Kier molecular flexibility index (Phi) is 3.49. The van der Waals surface area contributed by atoms with Crippen molar-refractivity contribution in [2.45, 2.75) is 13.0 Å². The van der Waals surface area contributed by atoms with Crippen LogP contribution in [0.25, 0.3) is 0 Å². The highest BCUT2D eigenvalue weighted by Gasteiger charge is 2.13. The number of rotatable bonds is 4. The molecule has 0 bridgehead atoms. The maximum Gasteiger partial charge on any atom is 0.325 e. The molecule has 0 aliphatic rings. The molecule has 5 heteroatoms. The van der Waals surface area contributed by atoms with Gasteiger partial charge < -0.3 is 15.2 Å². The zero-order valence-electron chi connectivity index (χ0n) is 8.45. The van der Waals surface area contributed by atoms with Crippen molar-refractivity contribution in [3.05, 3.63) is 24.0 Å². The van der Waals surface area contributed by atoms with E-state index in [1.807, 2.05) is 0 Å². The fourth-order valence-corrected chi connectivity index (χ4v) is 1.09. The van der Waals surface area contributed by atoms with Gasteiger partial charge in [-0.2, -0.15) is 0 Å². The van der Waals surface area contributed by atoms with Crippen LogP contribution in [-0.2, 0) is 4.79 Å². The number of benzene rings is 1. The molecule has 4 nitrogen and oxygen atoms in total. The van der Waals surface area contributed by atoms with E-state index in [4.69, 9.17) is 9.84 Å². The van der Waals surface area contributed by atoms with E-state index in [0.717, 1.165) is 0 Å². The number of carboxylic acids is 1. The van der Waals surface area contributed by atoms with Gasteiger partial charge in [-0.15, -0.1) is 0 Å². The lowest BCUT2D eigenvalue weighted by Crippen LogP contribution is -2.25. The molecule has 0 fully saturated rings. The summed E-state index contributed by atoms with van der Waals surface area (Å²) in [5, 5.41) is 11.3. The molecule has 1 aromatic rings. The maximum atomic E-state index is 12.9. The van der Waals surface area contributed by atoms with E-state index >= 15 is 0 Å². The van der Waals surface area contributed by atoms with Gasteiger partial charge >= 0.3 is 5.97 Å². The molecule has 1 atom stereocenters. The number of hydrogen-bond acceptors (Lipinski definition) is 3. The van der Waals surface area contributed by atoms with Crippen LogP contribution in [0.2, 0.25) is 0 Å². The highest BCUT2D eigenvalue weighted by atomic mass is 19.1. The van der Waals surface area contributed by atoms with Crippen molar-refractivity contribution in [3.8, 4) is 5.75 Å². The molecule has 0 spiro atoms. The Hall–Kier alpha value is -1.78. The third kappa shape index (κ3) is 2.83. The van der Waals surface area contributed by atoms with Crippen molar-refractivity contribution >= 4 is 11.7 Å². The predicted octanol–water partition coefficient (Wildman–Crippen LogP) is 1.72. The van der Waals surface area contributed by atoms with Gasteiger partial charge in [-0.25, -0.2) is 4.39 Å². The molecular formula is C10H12FNO3. The minimum absolute atomic E-state index is 0.326. The number of carboxylic acid groups (broad SMARTS) is 1. The van der Waals surface area contributed by atoms with Crippen molar-refractivity contribution in [2.75, 3.05) is 12.4 Å². The zero-order chi connectivity index (χ0) is 11.4. The van der Waals surface area contributed by atoms with Crippen molar-refractivity contribution in [3.63, 3.8) is 0 Å². The molecule has 0 saturated carbocycles. The van der Waals surface area contributed by atoms with Crippen LogP contribution in [0.5, 0.6) is 5.75 Å². The standard InChI is InChI=1S/C10H12FNO3/c1-6(10(13)14)12-8-5-7(11)3-4-9(8)15-2/h3-6,12H,1-2H3,(H,13,14). The second-order valence-corrected chi connectivity index (χ2v) is 3.05. The number of ether oxygens (including phenoxy) is 1. The average molecular weight is 213 g/mol. The first-order chi connectivity index (χ1) is 7.04. The summed E-state index contributed by atoms with van der Waals surface area (Å²) in [5.74, 6) is -1.05. The fraction of sp³-hybridized carbons (Fsp3) is 0.300. The van der Waals surface area contributed by atoms with E-state index < -0.39 is 17.8 Å². The Labute approximate surface area is 86.7 Å². The summed E-state index contributed by atoms with van der Waals surface area (Å²) in [4.78, 5) is 10.6. The Morgan fingerprint density at radius 1 is 1.60 bits per heavy atom. The highest BCUT2D eigenvalue weighted by Crippen LogP contribution is 2.25. The molecule has 0 radical (unpaired) electrons. The Bertz CT molecular complexity index is 368. The van der Waals surface area contributed by atoms with Crippen molar-refractivity contribution < 1.29 is 19.0 Å². The lowest BCUT2D eigenvalue weighted by Gasteiger charge is -2.13. The summed E-state index contributed by atoms with van der Waals surface area (Å²) in [6.45, 7) is 1.46. The summed E-state index contributed by atoms with van der Waals surface area (Å²) < 4.78 is 17.9. The summed E-state index contributed by atoms with van der Waals surface area (Å²) in [6, 6.07) is 3.07. The van der Waals surface area contributed by atoms with Gasteiger partial charge in [0.25, 0.3) is 0 Å². The minimum atomic E-state index is -1.01. The Morgan fingerprint density at radius 2 is 2.27 bits per heavy atom. The molecule has 0 heterocycles. The first kappa shape index (κ1) is 11.3. The smallest absolute Gasteiger partial charge is 0.325 e. The summed E-state index contributed by atoms with van der Waals surface area (Å²) in [6.07, 6.45) is 0. The average Bonchev–Trinajstić information content (AvgIpc) is 2.18. The normalized spacial score (nSPS) is 11.9. The number of nitrogens with one attached hydrogen (secondary N) is 1. The highest BCUT2D eigenvalue weighted by molar-refractivity contribution is 5.77. The summed E-state index contributed by atoms with van der Waals surface area (Å²) >= 11 is 0. The van der Waals surface area contributed by atoms with Crippen LogP contribution < -0.4 is 10.1 Å². The molecular weight excluding hydrogens is 201 g/mol. The molecule has 0 aliphatic heterocycles. The number of halogens is 1. The first-order valence-corrected chi connectivity index (χ1v) is 4.37. The number of anilines is 1. The fourth-order valence-electron chi connectivity index (χ4n) is 1.09. The molecule has 1 rings (SSSR count). The largest absolute Gasteiger partial charge is 0.495 e. The molecule has 0 amide bonds. The summed E-state index contributed by atoms with van der Waals surface area (Å²) in [7, 11) is 1.43. The van der Waals surface area contributed by atoms with Gasteiger partial charge in [-0.1, -0.05) is 0 Å². The van der Waals surface area contributed by atoms with Gasteiger partial charge in [0.05, 0.1) is 12.8 Å². The van der Waals surface area contributed by atoms with E-state index in [-0.39, 0.29) is 0 Å². The molecule has 0 aliphatic carbocycles. The SMILES string of the molecule is COc1ccc(F)cc1NC(C)C(=O)O. The molecule has 0 saturated heterocycles. The van der Waals surface area contributed by atoms with Crippen molar-refractivity contribution in [1.82, 2.24) is 0 Å². The van der Waals surface area contributed by atoms with Gasteiger partial charge in [0.1, 0.15) is 17.6 Å². The van der Waals surface area contributed by atoms with Gasteiger partial charge in [0.2, 0.25) is 0 Å². The second-order valence-electron chi connectivity index (χ2n) is 3.05. The zero-order valence-corrected chi connectivity index (χ0v) is 8.45. The van der Waals surface area contributed by atoms with Crippen LogP contribution in [0.4, 0.5) is 10.1 Å². The third-order valence-electron chi connectivity index (χ3n) is 1.90. The number of hydrogen-bond donors (Lipinski definition) is 2. The maximum absolute atomic E-state index is 12.9. The third-order valence-corrected chi connectivity index (χ3v) is 1.90. The number of methoxy groups -OCH3 is 1. The van der Waals surface area contributed by atoms with E-state index in [9.17, 15) is 9.18 Å². The molecule has 0 aromatic heterocycles. The molecule has 2 N–H and O–H groups in total. The minimum Gasteiger partial charge on any atom is -0.495 e. The van der Waals surface area contributed by atoms with Gasteiger partial charge in [0, 0.05) is 6.07 Å². The summed E-state index contributed by atoms with van der Waals surface area (Å²) in [5.41, 5.74) is 0.326. The number of aliphatic carboxylic acids is 1. The van der Waals surface area contributed by atoms with Crippen LogP contribution in [0.1, 0.15) is 6.92 Å². The van der Waals surface area contributed by atoms with E-state index in [1.165, 1.54) is 32.2 Å². The van der Waals surface area contributed by atoms with Crippen LogP contribution in [0, 0.1) is 5.82 Å². The van der Waals surface area contributed by atoms with Crippen LogP contribution in [0.3, 0.4) is 0 Å². The van der Waals surface area contributed by atoms with Crippen molar-refractivity contribution in [2.24, 2.45) is 0 Å². The monoisotopic (exact) mass is 213 g/mol. The van der Waals surface area contributed by atoms with Crippen LogP contribution in [0.15, 0.2) is 18.2 Å². The van der Waals surface area contributed by atoms with E-state index in [0.29, 0.717) is 11.4 Å². The van der Waals surface area contributed by atoms with Gasteiger partial charge in [0.15, 0.2) is 0 Å².